The van der Waals surface area contributed by atoms with E-state index in [1.165, 1.54) is 17.2 Å². The zero-order chi connectivity index (χ0) is 15.4. The van der Waals surface area contributed by atoms with E-state index in [2.05, 4.69) is 41.6 Å². The van der Waals surface area contributed by atoms with Crippen LogP contribution in [0.15, 0.2) is 30.3 Å². The fraction of sp³-hybridized carbons (Fsp3) is 0.294. The lowest BCUT2D eigenvalue weighted by atomic mass is 10.1. The van der Waals surface area contributed by atoms with Gasteiger partial charge < -0.3 is 5.32 Å². The molecule has 0 aliphatic rings. The molecule has 0 spiro atoms. The van der Waals surface area contributed by atoms with Crippen molar-refractivity contribution in [3.63, 3.8) is 0 Å². The summed E-state index contributed by atoms with van der Waals surface area (Å²) in [5, 5.41) is 7.14. The first-order valence-electron chi connectivity index (χ1n) is 7.00. The molecule has 110 valence electrons. The maximum atomic E-state index is 11.3. The Bertz CT molecular complexity index is 666. The predicted octanol–water partition coefficient (Wildman–Crippen LogP) is 2.62. The Kier molecular flexibility index (Phi) is 4.58. The molecule has 4 nitrogen and oxygen atoms in total. The van der Waals surface area contributed by atoms with E-state index in [4.69, 9.17) is 0 Å². The summed E-state index contributed by atoms with van der Waals surface area (Å²) in [7, 11) is 1.62. The molecule has 0 aliphatic heterocycles. The number of likely N-dealkylation sites (N-methyl/N-ethyl adjacent to an activating group) is 1. The Morgan fingerprint density at radius 3 is 2.52 bits per heavy atom. The van der Waals surface area contributed by atoms with Gasteiger partial charge in [0.25, 0.3) is 0 Å². The SMILES string of the molecule is CNC(=O)/C=C/c1c(C)nn(Cc2ccc(C)cc2)c1C. The lowest BCUT2D eigenvalue weighted by Crippen LogP contribution is -2.13. The molecule has 0 fully saturated rings. The van der Waals surface area contributed by atoms with Crippen LogP contribution in [0, 0.1) is 20.8 Å². The van der Waals surface area contributed by atoms with Gasteiger partial charge in [-0.2, -0.15) is 5.10 Å². The van der Waals surface area contributed by atoms with E-state index >= 15 is 0 Å². The third kappa shape index (κ3) is 3.60. The van der Waals surface area contributed by atoms with Crippen molar-refractivity contribution in [3.8, 4) is 0 Å². The lowest BCUT2D eigenvalue weighted by molar-refractivity contribution is -0.115. The first-order valence-corrected chi connectivity index (χ1v) is 7.00. The second kappa shape index (κ2) is 6.39. The normalized spacial score (nSPS) is 11.0. The molecule has 0 radical (unpaired) electrons. The average molecular weight is 283 g/mol. The van der Waals surface area contributed by atoms with E-state index in [0.717, 1.165) is 23.5 Å². The molecule has 1 N–H and O–H groups in total. The van der Waals surface area contributed by atoms with Gasteiger partial charge in [0.15, 0.2) is 0 Å². The molecule has 1 aromatic heterocycles. The van der Waals surface area contributed by atoms with Gasteiger partial charge in [-0.3, -0.25) is 9.48 Å². The summed E-state index contributed by atoms with van der Waals surface area (Å²) in [5.74, 6) is -0.111. The fourth-order valence-electron chi connectivity index (χ4n) is 2.21. The van der Waals surface area contributed by atoms with Crippen molar-refractivity contribution < 1.29 is 4.79 Å². The fourth-order valence-corrected chi connectivity index (χ4v) is 2.21. The van der Waals surface area contributed by atoms with E-state index in [9.17, 15) is 4.79 Å². The molecule has 0 aliphatic carbocycles. The first kappa shape index (κ1) is 15.0. The molecule has 0 atom stereocenters. The van der Waals surface area contributed by atoms with Gasteiger partial charge in [-0.15, -0.1) is 0 Å². The second-order valence-corrected chi connectivity index (χ2v) is 5.18. The van der Waals surface area contributed by atoms with Crippen LogP contribution in [0.25, 0.3) is 6.08 Å². The molecule has 0 unspecified atom stereocenters. The molecule has 1 aromatic carbocycles. The monoisotopic (exact) mass is 283 g/mol. The van der Waals surface area contributed by atoms with Crippen LogP contribution < -0.4 is 5.32 Å². The third-order valence-electron chi connectivity index (χ3n) is 3.54. The van der Waals surface area contributed by atoms with E-state index in [0.29, 0.717) is 0 Å². The topological polar surface area (TPSA) is 46.9 Å². The minimum atomic E-state index is -0.111. The van der Waals surface area contributed by atoms with Crippen LogP contribution in [0.5, 0.6) is 0 Å². The van der Waals surface area contributed by atoms with Crippen molar-refractivity contribution in [3.05, 3.63) is 58.4 Å². The first-order chi connectivity index (χ1) is 10.0. The zero-order valence-corrected chi connectivity index (χ0v) is 13.0. The molecule has 1 heterocycles. The van der Waals surface area contributed by atoms with Crippen molar-refractivity contribution >= 4 is 12.0 Å². The van der Waals surface area contributed by atoms with Crippen LogP contribution in [0.3, 0.4) is 0 Å². The van der Waals surface area contributed by atoms with Crippen LogP contribution in [0.4, 0.5) is 0 Å². The van der Waals surface area contributed by atoms with Crippen LogP contribution in [0.2, 0.25) is 0 Å². The van der Waals surface area contributed by atoms with Crippen LogP contribution in [0.1, 0.15) is 28.1 Å². The summed E-state index contributed by atoms with van der Waals surface area (Å²) in [6.45, 7) is 6.80. The van der Waals surface area contributed by atoms with Crippen LogP contribution >= 0.6 is 0 Å². The van der Waals surface area contributed by atoms with E-state index in [1.807, 2.05) is 24.6 Å². The highest BCUT2D eigenvalue weighted by Gasteiger charge is 2.09. The maximum Gasteiger partial charge on any atom is 0.243 e. The molecular formula is C17H21N3O. The Hall–Kier alpha value is -2.36. The number of benzene rings is 1. The van der Waals surface area contributed by atoms with Crippen molar-refractivity contribution in [2.45, 2.75) is 27.3 Å². The summed E-state index contributed by atoms with van der Waals surface area (Å²) in [4.78, 5) is 11.3. The zero-order valence-electron chi connectivity index (χ0n) is 13.0. The van der Waals surface area contributed by atoms with E-state index in [1.54, 1.807) is 7.05 Å². The highest BCUT2D eigenvalue weighted by Crippen LogP contribution is 2.16. The standard InChI is InChI=1S/C17H21N3O/c1-12-5-7-15(8-6-12)11-20-14(3)16(13(2)19-20)9-10-17(21)18-4/h5-10H,11H2,1-4H3,(H,18,21)/b10-9+. The van der Waals surface area contributed by atoms with Gasteiger partial charge in [-0.1, -0.05) is 29.8 Å². The van der Waals surface area contributed by atoms with E-state index < -0.39 is 0 Å². The minimum absolute atomic E-state index is 0.111. The summed E-state index contributed by atoms with van der Waals surface area (Å²) in [5.41, 5.74) is 5.47. The summed E-state index contributed by atoms with van der Waals surface area (Å²) >= 11 is 0. The van der Waals surface area contributed by atoms with Crippen molar-refractivity contribution in [1.29, 1.82) is 0 Å². The number of aromatic nitrogens is 2. The largest absolute Gasteiger partial charge is 0.356 e. The number of hydrogen-bond acceptors (Lipinski definition) is 2. The van der Waals surface area contributed by atoms with Crippen molar-refractivity contribution in [2.75, 3.05) is 7.05 Å². The summed E-state index contributed by atoms with van der Waals surface area (Å²) in [6, 6.07) is 8.44. The molecule has 4 heteroatoms. The van der Waals surface area contributed by atoms with Gasteiger partial charge in [-0.25, -0.2) is 0 Å². The molecule has 1 amide bonds. The van der Waals surface area contributed by atoms with Crippen LogP contribution in [-0.4, -0.2) is 22.7 Å². The predicted molar refractivity (Wildman–Crippen MR) is 85.1 cm³/mol. The van der Waals surface area contributed by atoms with Crippen molar-refractivity contribution in [1.82, 2.24) is 15.1 Å². The smallest absolute Gasteiger partial charge is 0.243 e. The number of carbonyl (C=O) groups is 1. The second-order valence-electron chi connectivity index (χ2n) is 5.18. The number of amides is 1. The molecule has 0 saturated heterocycles. The number of carbonyl (C=O) groups excluding carboxylic acids is 1. The number of nitrogens with zero attached hydrogens (tertiary/aromatic N) is 2. The van der Waals surface area contributed by atoms with Gasteiger partial charge in [0.2, 0.25) is 5.91 Å². The molecule has 21 heavy (non-hydrogen) atoms. The Morgan fingerprint density at radius 1 is 1.24 bits per heavy atom. The summed E-state index contributed by atoms with van der Waals surface area (Å²) in [6.07, 6.45) is 3.36. The molecular weight excluding hydrogens is 262 g/mol. The number of rotatable bonds is 4. The van der Waals surface area contributed by atoms with Gasteiger partial charge in [0, 0.05) is 24.4 Å². The molecule has 2 rings (SSSR count). The highest BCUT2D eigenvalue weighted by molar-refractivity contribution is 5.91. The number of hydrogen-bond donors (Lipinski definition) is 1. The number of aryl methyl sites for hydroxylation is 2. The average Bonchev–Trinajstić information content (AvgIpc) is 2.73. The lowest BCUT2D eigenvalue weighted by Gasteiger charge is -2.05. The third-order valence-corrected chi connectivity index (χ3v) is 3.54. The quantitative estimate of drug-likeness (QED) is 0.877. The van der Waals surface area contributed by atoms with Gasteiger partial charge in [0.05, 0.1) is 12.2 Å². The Labute approximate surface area is 125 Å². The summed E-state index contributed by atoms with van der Waals surface area (Å²) < 4.78 is 1.98. The maximum absolute atomic E-state index is 11.3. The molecule has 0 bridgehead atoms. The minimum Gasteiger partial charge on any atom is -0.356 e. The highest BCUT2D eigenvalue weighted by atomic mass is 16.1. The van der Waals surface area contributed by atoms with E-state index in [-0.39, 0.29) is 5.91 Å². The molecule has 2 aromatic rings. The number of nitrogens with one attached hydrogen (secondary N) is 1. The van der Waals surface area contributed by atoms with Gasteiger partial charge in [-0.05, 0) is 32.4 Å². The van der Waals surface area contributed by atoms with Crippen LogP contribution in [-0.2, 0) is 11.3 Å². The molecule has 0 saturated carbocycles. The van der Waals surface area contributed by atoms with Crippen molar-refractivity contribution in [2.24, 2.45) is 0 Å². The Balaban J connectivity index is 2.24. The van der Waals surface area contributed by atoms with Gasteiger partial charge in [0.1, 0.15) is 0 Å². The van der Waals surface area contributed by atoms with Gasteiger partial charge >= 0.3 is 0 Å². The Morgan fingerprint density at radius 2 is 1.90 bits per heavy atom.